The first kappa shape index (κ1) is 58.3. The smallest absolute Gasteiger partial charge is 0.229 e. The van der Waals surface area contributed by atoms with Crippen molar-refractivity contribution in [2.75, 3.05) is 39.0 Å². The highest BCUT2D eigenvalue weighted by Gasteiger charge is 2.15. The molecular formula is C69H51N19O2S4. The fourth-order valence-electron chi connectivity index (χ4n) is 9.96. The molecule has 0 aliphatic heterocycles. The molecule has 10 aromatic heterocycles. The molecule has 0 fully saturated rings. The van der Waals surface area contributed by atoms with E-state index in [1.165, 1.54) is 0 Å². The van der Waals surface area contributed by atoms with Crippen LogP contribution in [0, 0.1) is 0 Å². The summed E-state index contributed by atoms with van der Waals surface area (Å²) in [6.45, 7) is 0. The van der Waals surface area contributed by atoms with E-state index < -0.39 is 0 Å². The summed E-state index contributed by atoms with van der Waals surface area (Å²) < 4.78 is 14.2. The van der Waals surface area contributed by atoms with Gasteiger partial charge in [0.1, 0.15) is 17.2 Å². The minimum atomic E-state index is 0.504. The summed E-state index contributed by atoms with van der Waals surface area (Å²) in [4.78, 5) is 34.6. The third-order valence-electron chi connectivity index (χ3n) is 14.4. The van der Waals surface area contributed by atoms with E-state index >= 15 is 0 Å². The fourth-order valence-corrected chi connectivity index (χ4v) is 13.1. The molecule has 17 aromatic rings. The lowest BCUT2D eigenvalue weighted by Crippen LogP contribution is -2.01. The van der Waals surface area contributed by atoms with Gasteiger partial charge in [-0.15, -0.1) is 34.0 Å². The average Bonchev–Trinajstić information content (AvgIpc) is 1.65. The summed E-state index contributed by atoms with van der Waals surface area (Å²) in [6.07, 6.45) is 9.06. The van der Waals surface area contributed by atoms with Crippen LogP contribution in [0.3, 0.4) is 0 Å². The fraction of sp³-hybridized carbons (Fsp3) is 0.0145. The van der Waals surface area contributed by atoms with Gasteiger partial charge in [-0.2, -0.15) is 30.2 Å². The van der Waals surface area contributed by atoms with Gasteiger partial charge in [-0.05, 0) is 174 Å². The summed E-state index contributed by atoms with van der Waals surface area (Å²) in [6, 6.07) is 61.4. The molecule has 0 saturated carbocycles. The Hall–Kier alpha value is -12.0. The zero-order valence-electron chi connectivity index (χ0n) is 49.4. The molecule has 17 rings (SSSR count). The lowest BCUT2D eigenvalue weighted by atomic mass is 10.2. The van der Waals surface area contributed by atoms with E-state index in [1.54, 1.807) is 71.5 Å². The molecule has 10 heterocycles. The van der Waals surface area contributed by atoms with E-state index in [1.807, 2.05) is 204 Å². The molecule has 21 nitrogen and oxygen atoms in total. The second-order valence-electron chi connectivity index (χ2n) is 20.8. The van der Waals surface area contributed by atoms with Gasteiger partial charge in [0, 0.05) is 78.5 Å². The van der Waals surface area contributed by atoms with Crippen molar-refractivity contribution in [3.05, 3.63) is 235 Å². The summed E-state index contributed by atoms with van der Waals surface area (Å²) in [7, 11) is 1.65. The van der Waals surface area contributed by atoms with Gasteiger partial charge in [-0.1, -0.05) is 36.0 Å². The van der Waals surface area contributed by atoms with Gasteiger partial charge >= 0.3 is 0 Å². The number of aromatic nitrogens is 13. The third-order valence-corrected chi connectivity index (χ3v) is 18.1. The molecule has 0 atom stereocenters. The van der Waals surface area contributed by atoms with E-state index in [0.29, 0.717) is 17.8 Å². The first-order valence-corrected chi connectivity index (χ1v) is 32.7. The first-order chi connectivity index (χ1) is 46.4. The minimum absolute atomic E-state index is 0.504. The second kappa shape index (κ2) is 26.8. The highest BCUT2D eigenvalue weighted by molar-refractivity contribution is 7.99. The first-order valence-electron chi connectivity index (χ1n) is 29.2. The minimum Gasteiger partial charge on any atom is -0.497 e. The number of thiophene rings is 3. The highest BCUT2D eigenvalue weighted by atomic mass is 32.2. The predicted octanol–water partition coefficient (Wildman–Crippen LogP) is 18.5. The van der Waals surface area contributed by atoms with Crippen molar-refractivity contribution >= 4 is 179 Å². The number of para-hydroxylation sites is 1. The van der Waals surface area contributed by atoms with Crippen molar-refractivity contribution < 1.29 is 9.47 Å². The second-order valence-corrected chi connectivity index (χ2v) is 24.7. The van der Waals surface area contributed by atoms with E-state index in [2.05, 4.69) is 94.6 Å². The maximum absolute atomic E-state index is 5.95. The van der Waals surface area contributed by atoms with Crippen molar-refractivity contribution in [3.63, 3.8) is 0 Å². The van der Waals surface area contributed by atoms with Crippen LogP contribution in [0.2, 0.25) is 0 Å². The number of aromatic amines is 3. The van der Waals surface area contributed by atoms with Crippen LogP contribution < -0.4 is 41.4 Å². The van der Waals surface area contributed by atoms with Gasteiger partial charge < -0.3 is 41.4 Å². The third kappa shape index (κ3) is 13.7. The Kier molecular flexibility index (Phi) is 16.6. The van der Waals surface area contributed by atoms with Gasteiger partial charge in [-0.3, -0.25) is 20.3 Å². The summed E-state index contributed by atoms with van der Waals surface area (Å²) in [5.41, 5.74) is 11.1. The number of methoxy groups -OCH3 is 1. The number of nitrogens with zero attached hydrogens (tertiary/aromatic N) is 10. The van der Waals surface area contributed by atoms with Gasteiger partial charge in [0.2, 0.25) is 17.8 Å². The Morgan fingerprint density at radius 3 is 1.28 bits per heavy atom. The van der Waals surface area contributed by atoms with Gasteiger partial charge in [0.25, 0.3) is 0 Å². The van der Waals surface area contributed by atoms with Crippen LogP contribution in [0.25, 0.3) is 63.4 Å². The highest BCUT2D eigenvalue weighted by Crippen LogP contribution is 2.36. The Morgan fingerprint density at radius 2 is 0.809 bits per heavy atom. The number of hydrogen-bond acceptors (Lipinski definition) is 22. The van der Waals surface area contributed by atoms with Crippen LogP contribution in [0.1, 0.15) is 0 Å². The Balaban J connectivity index is 0.000000117. The van der Waals surface area contributed by atoms with Crippen molar-refractivity contribution in [1.29, 1.82) is 0 Å². The number of fused-ring (bicyclic) bond motifs is 6. The SMILES string of the molecule is COc1ccc(Nc2nc(Nc3ccc4[nH]ncc4c3)c3sccc3n2)cc1.c1ccc(Oc2cccc(Nc3nc(Nc4ccc5[nH]ncc5c4)c4sccc4n3)c2)cc1.c1cncc(Sc2ccc(Nc3nc(Nc4ccc5[nH]ncc5c4)c4sccc4n3)cc2)c1. The number of ether oxygens (including phenoxy) is 2. The van der Waals surface area contributed by atoms with Gasteiger partial charge in [0.05, 0.1) is 72.9 Å². The Labute approximate surface area is 551 Å². The van der Waals surface area contributed by atoms with Crippen molar-refractivity contribution in [1.82, 2.24) is 65.5 Å². The molecule has 0 saturated heterocycles. The van der Waals surface area contributed by atoms with Crippen LogP contribution in [0.5, 0.6) is 17.2 Å². The van der Waals surface area contributed by atoms with Crippen LogP contribution in [0.4, 0.5) is 69.4 Å². The van der Waals surface area contributed by atoms with E-state index in [9.17, 15) is 0 Å². The number of hydrogen-bond donors (Lipinski definition) is 9. The van der Waals surface area contributed by atoms with Gasteiger partial charge in [0.15, 0.2) is 17.5 Å². The lowest BCUT2D eigenvalue weighted by molar-refractivity contribution is 0.415. The maximum atomic E-state index is 5.95. The van der Waals surface area contributed by atoms with Crippen LogP contribution in [0.15, 0.2) is 245 Å². The zero-order chi connectivity index (χ0) is 63.0. The van der Waals surface area contributed by atoms with E-state index in [-0.39, 0.29) is 0 Å². The maximum Gasteiger partial charge on any atom is 0.229 e. The standard InChI is InChI=1S/C25H18N6OS.C24H17N7S2.C20H16N6OS/c1-2-6-19(7-3-1)32-20-8-4-5-17(14-20)28-25-29-22-11-12-33-23(22)24(30-25)27-18-9-10-21-16(13-18)15-26-31-21;1-2-19(14-25-10-1)33-18-6-3-16(4-7-18)28-24-29-21-9-11-32-22(21)23(30-24)27-17-5-8-20-15(12-17)13-26-31-20;1-27-15-5-2-13(3-6-15)23-20-24-17-8-9-28-18(17)19(25-20)22-14-4-7-16-12(10-14)11-21-26-16/h1-15H,(H,26,31)(H2,27,28,29,30);1-14H,(H,26,31)(H2,27,28,29,30);2-11H,1H3,(H,21,26)(H2,22,23,24,25). The number of H-pyrrole nitrogens is 3. The molecular weight excluding hydrogens is 1260 g/mol. The summed E-state index contributed by atoms with van der Waals surface area (Å²) in [5.74, 6) is 6.17. The molecule has 94 heavy (non-hydrogen) atoms. The molecule has 458 valence electrons. The molecule has 9 N–H and O–H groups in total. The van der Waals surface area contributed by atoms with Crippen molar-refractivity contribution in [3.8, 4) is 17.2 Å². The summed E-state index contributed by atoms with van der Waals surface area (Å²) in [5, 5.41) is 50.5. The van der Waals surface area contributed by atoms with Crippen LogP contribution >= 0.6 is 45.8 Å². The molecule has 7 aromatic carbocycles. The molecule has 0 spiro atoms. The number of nitrogens with one attached hydrogen (secondary N) is 9. The monoisotopic (exact) mass is 1310 g/mol. The molecule has 0 aliphatic rings. The Bertz CT molecular complexity index is 5430. The van der Waals surface area contributed by atoms with E-state index in [0.717, 1.165) is 142 Å². The largest absolute Gasteiger partial charge is 0.497 e. The number of pyridine rings is 1. The summed E-state index contributed by atoms with van der Waals surface area (Å²) >= 11 is 6.50. The molecule has 0 unspecified atom stereocenters. The molecule has 0 aliphatic carbocycles. The predicted molar refractivity (Wildman–Crippen MR) is 381 cm³/mol. The number of benzene rings is 7. The van der Waals surface area contributed by atoms with Crippen molar-refractivity contribution in [2.45, 2.75) is 9.79 Å². The number of rotatable bonds is 17. The van der Waals surface area contributed by atoms with E-state index in [4.69, 9.17) is 24.4 Å². The lowest BCUT2D eigenvalue weighted by Gasteiger charge is -2.11. The van der Waals surface area contributed by atoms with Crippen LogP contribution in [-0.4, -0.2) is 72.6 Å². The number of anilines is 12. The molecule has 25 heteroatoms. The molecule has 0 bridgehead atoms. The average molecular weight is 1310 g/mol. The Morgan fingerprint density at radius 1 is 0.362 bits per heavy atom. The zero-order valence-corrected chi connectivity index (χ0v) is 52.7. The quantitative estimate of drug-likeness (QED) is 0.0410. The molecule has 0 amide bonds. The normalized spacial score (nSPS) is 11.1. The van der Waals surface area contributed by atoms with Crippen LogP contribution in [-0.2, 0) is 0 Å². The van der Waals surface area contributed by atoms with Crippen molar-refractivity contribution in [2.24, 2.45) is 0 Å². The topological polar surface area (TPSA) is 267 Å². The van der Waals surface area contributed by atoms with Gasteiger partial charge in [-0.25, -0.2) is 15.0 Å². The molecule has 0 radical (unpaired) electrons.